The molecule has 0 amide bonds. The van der Waals surface area contributed by atoms with Crippen molar-refractivity contribution in [2.24, 2.45) is 0 Å². The van der Waals surface area contributed by atoms with Crippen LogP contribution < -0.4 is 4.72 Å². The predicted molar refractivity (Wildman–Crippen MR) is 69.7 cm³/mol. The minimum atomic E-state index is -3.58. The number of rotatable bonds is 5. The Bertz CT molecular complexity index is 621. The number of hydrogen-bond donors (Lipinski definition) is 3. The third-order valence-corrected chi connectivity index (χ3v) is 4.32. The molecule has 0 aliphatic carbocycles. The van der Waals surface area contributed by atoms with Gasteiger partial charge < -0.3 is 5.11 Å². The van der Waals surface area contributed by atoms with Crippen LogP contribution in [0.1, 0.15) is 24.1 Å². The predicted octanol–water partition coefficient (Wildman–Crippen LogP) is 0.942. The highest BCUT2D eigenvalue weighted by atomic mass is 32.2. The SMILES string of the molecule is CC(NS(=O)(=O)c1ccc(CO)cc1)c1cn[nH]c1. The molecule has 2 rings (SSSR count). The normalized spacial score (nSPS) is 13.4. The quantitative estimate of drug-likeness (QED) is 0.760. The molecule has 2 aromatic rings. The summed E-state index contributed by atoms with van der Waals surface area (Å²) in [6, 6.07) is 5.72. The lowest BCUT2D eigenvalue weighted by Crippen LogP contribution is -2.26. The molecule has 1 unspecified atom stereocenters. The topological polar surface area (TPSA) is 95.1 Å². The van der Waals surface area contributed by atoms with Gasteiger partial charge >= 0.3 is 0 Å². The van der Waals surface area contributed by atoms with Gasteiger partial charge in [0.1, 0.15) is 0 Å². The Morgan fingerprint density at radius 2 is 2.05 bits per heavy atom. The average Bonchev–Trinajstić information content (AvgIpc) is 2.92. The molecule has 0 aliphatic rings. The smallest absolute Gasteiger partial charge is 0.241 e. The molecule has 19 heavy (non-hydrogen) atoms. The number of nitrogens with zero attached hydrogens (tertiary/aromatic N) is 1. The molecule has 1 aromatic heterocycles. The summed E-state index contributed by atoms with van der Waals surface area (Å²) in [6.45, 7) is 1.63. The van der Waals surface area contributed by atoms with Gasteiger partial charge in [0.05, 0.1) is 17.7 Å². The van der Waals surface area contributed by atoms with E-state index in [0.29, 0.717) is 5.56 Å². The van der Waals surface area contributed by atoms with Gasteiger partial charge in [-0.25, -0.2) is 13.1 Å². The summed E-state index contributed by atoms with van der Waals surface area (Å²) in [4.78, 5) is 0.167. The zero-order valence-corrected chi connectivity index (χ0v) is 11.2. The van der Waals surface area contributed by atoms with E-state index in [-0.39, 0.29) is 17.5 Å². The van der Waals surface area contributed by atoms with Crippen LogP contribution in [0.25, 0.3) is 0 Å². The van der Waals surface area contributed by atoms with Gasteiger partial charge in [-0.2, -0.15) is 5.10 Å². The largest absolute Gasteiger partial charge is 0.392 e. The summed E-state index contributed by atoms with van der Waals surface area (Å²) < 4.78 is 26.8. The number of aliphatic hydroxyl groups excluding tert-OH is 1. The monoisotopic (exact) mass is 281 g/mol. The number of nitrogens with one attached hydrogen (secondary N) is 2. The Kier molecular flexibility index (Phi) is 3.98. The average molecular weight is 281 g/mol. The van der Waals surface area contributed by atoms with E-state index in [1.807, 2.05) is 0 Å². The molecular weight excluding hydrogens is 266 g/mol. The lowest BCUT2D eigenvalue weighted by Gasteiger charge is -2.12. The molecule has 1 heterocycles. The van der Waals surface area contributed by atoms with E-state index in [0.717, 1.165) is 5.56 Å². The van der Waals surface area contributed by atoms with Gasteiger partial charge in [-0.1, -0.05) is 12.1 Å². The molecule has 0 fully saturated rings. The minimum absolute atomic E-state index is 0.112. The highest BCUT2D eigenvalue weighted by Crippen LogP contribution is 2.16. The number of hydrogen-bond acceptors (Lipinski definition) is 4. The first-order valence-electron chi connectivity index (χ1n) is 5.74. The lowest BCUT2D eigenvalue weighted by atomic mass is 10.2. The molecule has 0 bridgehead atoms. The minimum Gasteiger partial charge on any atom is -0.392 e. The second kappa shape index (κ2) is 5.52. The van der Waals surface area contributed by atoms with Gasteiger partial charge in [-0.3, -0.25) is 5.10 Å². The first-order valence-corrected chi connectivity index (χ1v) is 7.22. The van der Waals surface area contributed by atoms with Crippen LogP contribution in [-0.2, 0) is 16.6 Å². The van der Waals surface area contributed by atoms with Gasteiger partial charge in [0.15, 0.2) is 0 Å². The second-order valence-corrected chi connectivity index (χ2v) is 5.89. The number of sulfonamides is 1. The Labute approximate surface area is 111 Å². The van der Waals surface area contributed by atoms with Gasteiger partial charge in [-0.05, 0) is 24.6 Å². The Morgan fingerprint density at radius 3 is 2.58 bits per heavy atom. The maximum Gasteiger partial charge on any atom is 0.241 e. The number of aliphatic hydroxyl groups is 1. The third kappa shape index (κ3) is 3.19. The summed E-state index contributed by atoms with van der Waals surface area (Å²) in [5.41, 5.74) is 1.43. The molecule has 102 valence electrons. The Hall–Kier alpha value is -1.70. The fourth-order valence-corrected chi connectivity index (χ4v) is 2.87. The Balaban J connectivity index is 2.17. The van der Waals surface area contributed by atoms with E-state index >= 15 is 0 Å². The molecule has 1 atom stereocenters. The molecule has 3 N–H and O–H groups in total. The number of aromatic amines is 1. The van der Waals surface area contributed by atoms with Crippen LogP contribution in [0.15, 0.2) is 41.6 Å². The maximum absolute atomic E-state index is 12.1. The molecule has 0 aliphatic heterocycles. The molecule has 0 saturated heterocycles. The number of H-pyrrole nitrogens is 1. The fraction of sp³-hybridized carbons (Fsp3) is 0.250. The van der Waals surface area contributed by atoms with Crippen LogP contribution in [0.2, 0.25) is 0 Å². The second-order valence-electron chi connectivity index (χ2n) is 4.18. The van der Waals surface area contributed by atoms with Crippen LogP contribution in [0.4, 0.5) is 0 Å². The molecule has 7 heteroatoms. The summed E-state index contributed by atoms with van der Waals surface area (Å²) >= 11 is 0. The third-order valence-electron chi connectivity index (χ3n) is 2.77. The van der Waals surface area contributed by atoms with Gasteiger partial charge in [0, 0.05) is 17.8 Å². The van der Waals surface area contributed by atoms with Gasteiger partial charge in [-0.15, -0.1) is 0 Å². The van der Waals surface area contributed by atoms with Crippen LogP contribution in [-0.4, -0.2) is 23.7 Å². The van der Waals surface area contributed by atoms with Crippen LogP contribution in [0.3, 0.4) is 0 Å². The fourth-order valence-electron chi connectivity index (χ4n) is 1.64. The summed E-state index contributed by atoms with van der Waals surface area (Å²) in [7, 11) is -3.58. The van der Waals surface area contributed by atoms with Crippen molar-refractivity contribution < 1.29 is 13.5 Å². The highest BCUT2D eigenvalue weighted by molar-refractivity contribution is 7.89. The molecule has 0 spiro atoms. The van der Waals surface area contributed by atoms with Crippen molar-refractivity contribution in [3.63, 3.8) is 0 Å². The van der Waals surface area contributed by atoms with Crippen molar-refractivity contribution in [2.45, 2.75) is 24.5 Å². The summed E-state index contributed by atoms with van der Waals surface area (Å²) in [5.74, 6) is 0. The van der Waals surface area contributed by atoms with Gasteiger partial charge in [0.25, 0.3) is 0 Å². The van der Waals surface area contributed by atoms with Crippen molar-refractivity contribution in [3.8, 4) is 0 Å². The summed E-state index contributed by atoms with van der Waals surface area (Å²) in [5, 5.41) is 15.3. The first-order chi connectivity index (χ1) is 9.03. The van der Waals surface area contributed by atoms with E-state index in [9.17, 15) is 8.42 Å². The van der Waals surface area contributed by atoms with E-state index in [4.69, 9.17) is 5.11 Å². The van der Waals surface area contributed by atoms with Crippen LogP contribution in [0.5, 0.6) is 0 Å². The van der Waals surface area contributed by atoms with Crippen molar-refractivity contribution in [1.29, 1.82) is 0 Å². The van der Waals surface area contributed by atoms with Crippen molar-refractivity contribution >= 4 is 10.0 Å². The lowest BCUT2D eigenvalue weighted by molar-refractivity contribution is 0.282. The van der Waals surface area contributed by atoms with Crippen molar-refractivity contribution in [1.82, 2.24) is 14.9 Å². The summed E-state index contributed by atoms with van der Waals surface area (Å²) in [6.07, 6.45) is 3.21. The molecule has 1 aromatic carbocycles. The molecule has 6 nitrogen and oxygen atoms in total. The molecule has 0 radical (unpaired) electrons. The van der Waals surface area contributed by atoms with E-state index in [1.165, 1.54) is 12.1 Å². The first kappa shape index (κ1) is 13.7. The Morgan fingerprint density at radius 1 is 1.37 bits per heavy atom. The maximum atomic E-state index is 12.1. The van der Waals surface area contributed by atoms with E-state index in [2.05, 4.69) is 14.9 Å². The van der Waals surface area contributed by atoms with Crippen LogP contribution in [0, 0.1) is 0 Å². The number of aromatic nitrogens is 2. The standard InChI is InChI=1S/C12H15N3O3S/c1-9(11-6-13-14-7-11)15-19(17,18)12-4-2-10(8-16)3-5-12/h2-7,9,15-16H,8H2,1H3,(H,13,14). The van der Waals surface area contributed by atoms with E-state index < -0.39 is 10.0 Å². The van der Waals surface area contributed by atoms with E-state index in [1.54, 1.807) is 31.5 Å². The van der Waals surface area contributed by atoms with Crippen molar-refractivity contribution in [3.05, 3.63) is 47.8 Å². The zero-order valence-electron chi connectivity index (χ0n) is 10.4. The van der Waals surface area contributed by atoms with Gasteiger partial charge in [0.2, 0.25) is 10.0 Å². The van der Waals surface area contributed by atoms with Crippen LogP contribution >= 0.6 is 0 Å². The highest BCUT2D eigenvalue weighted by Gasteiger charge is 2.18. The molecular formula is C12H15N3O3S. The van der Waals surface area contributed by atoms with Crippen molar-refractivity contribution in [2.75, 3.05) is 0 Å². The number of benzene rings is 1. The molecule has 0 saturated carbocycles. The zero-order chi connectivity index (χ0) is 13.9.